The van der Waals surface area contributed by atoms with Crippen molar-refractivity contribution >= 4 is 5.78 Å². The maximum absolute atomic E-state index is 11.3. The molecule has 0 radical (unpaired) electrons. The van der Waals surface area contributed by atoms with Crippen LogP contribution in [0.3, 0.4) is 0 Å². The maximum Gasteiger partial charge on any atom is 0.277 e. The van der Waals surface area contributed by atoms with E-state index in [1.165, 1.54) is 0 Å². The number of hydrogen-bond acceptors (Lipinski definition) is 6. The number of carbonyl (C=O) groups excluding carboxylic acids is 1. The third kappa shape index (κ3) is 1.08. The highest BCUT2D eigenvalue weighted by molar-refractivity contribution is 5.99. The van der Waals surface area contributed by atoms with Crippen molar-refractivity contribution in [2.45, 2.75) is 18.9 Å². The summed E-state index contributed by atoms with van der Waals surface area (Å²) >= 11 is 0. The second-order valence-electron chi connectivity index (χ2n) is 2.76. The van der Waals surface area contributed by atoms with Gasteiger partial charge in [0.2, 0.25) is 0 Å². The fraction of sp³-hybridized carbons (Fsp3) is 0.500. The van der Waals surface area contributed by atoms with Crippen LogP contribution in [0.5, 0.6) is 0 Å². The summed E-state index contributed by atoms with van der Waals surface area (Å²) in [4.78, 5) is 21.1. The summed E-state index contributed by atoms with van der Waals surface area (Å²) in [5.41, 5.74) is 0.427. The first-order valence-electron chi connectivity index (χ1n) is 3.69. The number of nitro groups is 1. The molecule has 7 nitrogen and oxygen atoms in total. The predicted octanol–water partition coefficient (Wildman–Crippen LogP) is -0.156. The zero-order valence-electron chi connectivity index (χ0n) is 6.47. The van der Waals surface area contributed by atoms with Crippen LogP contribution in [0.15, 0.2) is 4.63 Å². The largest absolute Gasteiger partial charge is 0.284 e. The minimum Gasteiger partial charge on any atom is -0.284 e. The van der Waals surface area contributed by atoms with E-state index < -0.39 is 16.7 Å². The number of aromatic nitrogens is 2. The molecule has 0 N–H and O–H groups in total. The van der Waals surface area contributed by atoms with Crippen molar-refractivity contribution in [3.05, 3.63) is 21.5 Å². The van der Waals surface area contributed by atoms with E-state index in [4.69, 9.17) is 0 Å². The monoisotopic (exact) mass is 183 g/mol. The quantitative estimate of drug-likeness (QED) is 0.443. The van der Waals surface area contributed by atoms with Crippen LogP contribution in [0.2, 0.25) is 0 Å². The number of fused-ring (bicyclic) bond motifs is 1. The standard InChI is InChI=1S/C6H5N3O4/c10-6-4(9(11)12)2-1-3-5(6)8-13-7-3/h4H,1-2H2/t4-/m1/s1. The summed E-state index contributed by atoms with van der Waals surface area (Å²) in [7, 11) is 0. The normalized spacial score (nSPS) is 21.2. The van der Waals surface area contributed by atoms with Gasteiger partial charge in [0.1, 0.15) is 5.69 Å². The summed E-state index contributed by atoms with van der Waals surface area (Å²) in [5.74, 6) is -0.604. The van der Waals surface area contributed by atoms with E-state index in [0.29, 0.717) is 12.1 Å². The maximum atomic E-state index is 11.3. The second-order valence-corrected chi connectivity index (χ2v) is 2.76. The van der Waals surface area contributed by atoms with Gasteiger partial charge in [-0.1, -0.05) is 5.16 Å². The average molecular weight is 183 g/mol. The van der Waals surface area contributed by atoms with Gasteiger partial charge in [-0.2, -0.15) is 0 Å². The Hall–Kier alpha value is -1.79. The lowest BCUT2D eigenvalue weighted by Gasteiger charge is -2.10. The molecule has 7 heteroatoms. The first-order chi connectivity index (χ1) is 6.20. The van der Waals surface area contributed by atoms with Gasteiger partial charge >= 0.3 is 0 Å². The van der Waals surface area contributed by atoms with E-state index in [9.17, 15) is 14.9 Å². The number of Topliss-reactive ketones (excluding diaryl/α,β-unsaturated/α-hetero) is 1. The smallest absolute Gasteiger partial charge is 0.277 e. The minimum absolute atomic E-state index is 0.00736. The van der Waals surface area contributed by atoms with Gasteiger partial charge in [0.15, 0.2) is 5.69 Å². The van der Waals surface area contributed by atoms with Crippen molar-refractivity contribution in [2.75, 3.05) is 0 Å². The molecule has 68 valence electrons. The Labute approximate surface area is 71.8 Å². The molecule has 1 atom stereocenters. The summed E-state index contributed by atoms with van der Waals surface area (Å²) in [6.45, 7) is 0. The van der Waals surface area contributed by atoms with Crippen molar-refractivity contribution in [2.24, 2.45) is 0 Å². The van der Waals surface area contributed by atoms with E-state index in [2.05, 4.69) is 14.9 Å². The molecule has 0 saturated carbocycles. The number of aryl methyl sites for hydroxylation is 1. The molecule has 1 aromatic rings. The van der Waals surface area contributed by atoms with Crippen molar-refractivity contribution < 1.29 is 14.3 Å². The third-order valence-corrected chi connectivity index (χ3v) is 2.00. The number of ketones is 1. The number of rotatable bonds is 1. The van der Waals surface area contributed by atoms with Crippen LogP contribution in [0.1, 0.15) is 22.6 Å². The van der Waals surface area contributed by atoms with Gasteiger partial charge in [0.05, 0.1) is 0 Å². The zero-order valence-corrected chi connectivity index (χ0v) is 6.47. The molecular formula is C6H5N3O4. The highest BCUT2D eigenvalue weighted by atomic mass is 16.6. The van der Waals surface area contributed by atoms with E-state index in [1.807, 2.05) is 0 Å². The number of hydrogen-bond donors (Lipinski definition) is 0. The van der Waals surface area contributed by atoms with Gasteiger partial charge in [-0.25, -0.2) is 4.63 Å². The molecule has 1 heterocycles. The Bertz CT molecular complexity index is 372. The first-order valence-corrected chi connectivity index (χ1v) is 3.69. The number of carbonyl (C=O) groups is 1. The minimum atomic E-state index is -1.18. The Balaban J connectivity index is 2.38. The van der Waals surface area contributed by atoms with Crippen molar-refractivity contribution in [1.82, 2.24) is 10.3 Å². The van der Waals surface area contributed by atoms with Gasteiger partial charge in [0.25, 0.3) is 11.8 Å². The molecule has 1 aliphatic carbocycles. The van der Waals surface area contributed by atoms with E-state index >= 15 is 0 Å². The van der Waals surface area contributed by atoms with Crippen molar-refractivity contribution in [3.63, 3.8) is 0 Å². The van der Waals surface area contributed by atoms with Gasteiger partial charge in [0, 0.05) is 17.8 Å². The fourth-order valence-corrected chi connectivity index (χ4v) is 1.32. The highest BCUT2D eigenvalue weighted by Gasteiger charge is 2.39. The summed E-state index contributed by atoms with van der Waals surface area (Å²) in [6.07, 6.45) is 0.545. The van der Waals surface area contributed by atoms with Crippen molar-refractivity contribution in [3.8, 4) is 0 Å². The molecule has 1 aromatic heterocycles. The molecule has 13 heavy (non-hydrogen) atoms. The summed E-state index contributed by atoms with van der Waals surface area (Å²) < 4.78 is 4.32. The highest BCUT2D eigenvalue weighted by Crippen LogP contribution is 2.19. The Morgan fingerprint density at radius 3 is 3.00 bits per heavy atom. The van der Waals surface area contributed by atoms with Gasteiger partial charge in [-0.3, -0.25) is 14.9 Å². The first kappa shape index (κ1) is 7.84. The molecule has 0 unspecified atom stereocenters. The van der Waals surface area contributed by atoms with Crippen LogP contribution in [0, 0.1) is 10.1 Å². The van der Waals surface area contributed by atoms with Crippen LogP contribution >= 0.6 is 0 Å². The Morgan fingerprint density at radius 1 is 1.54 bits per heavy atom. The Kier molecular flexibility index (Phi) is 1.57. The molecule has 0 saturated heterocycles. The molecule has 0 aromatic carbocycles. The molecule has 0 spiro atoms. The molecule has 0 fully saturated rings. The summed E-state index contributed by atoms with van der Waals surface area (Å²) in [6, 6.07) is -1.18. The SMILES string of the molecule is O=C1c2nonc2CC[C@H]1[N+](=O)[O-]. The van der Waals surface area contributed by atoms with Crippen LogP contribution in [-0.2, 0) is 6.42 Å². The average Bonchev–Trinajstić information content (AvgIpc) is 2.52. The van der Waals surface area contributed by atoms with E-state index in [0.717, 1.165) is 0 Å². The molecule has 0 amide bonds. The van der Waals surface area contributed by atoms with Gasteiger partial charge in [-0.15, -0.1) is 0 Å². The predicted molar refractivity (Wildman–Crippen MR) is 37.7 cm³/mol. The van der Waals surface area contributed by atoms with Gasteiger partial charge < -0.3 is 0 Å². The molecule has 1 aliphatic rings. The zero-order chi connectivity index (χ0) is 9.42. The van der Waals surface area contributed by atoms with Crippen molar-refractivity contribution in [1.29, 1.82) is 0 Å². The molecule has 0 bridgehead atoms. The lowest BCUT2D eigenvalue weighted by molar-refractivity contribution is -0.506. The summed E-state index contributed by atoms with van der Waals surface area (Å²) in [5, 5.41) is 17.2. The third-order valence-electron chi connectivity index (χ3n) is 2.00. The van der Waals surface area contributed by atoms with Crippen LogP contribution in [-0.4, -0.2) is 27.1 Å². The molecule has 0 aliphatic heterocycles. The lowest BCUT2D eigenvalue weighted by atomic mass is 9.95. The molecule has 2 rings (SSSR count). The van der Waals surface area contributed by atoms with Gasteiger partial charge in [-0.05, 0) is 5.16 Å². The van der Waals surface area contributed by atoms with E-state index in [-0.39, 0.29) is 12.1 Å². The Morgan fingerprint density at radius 2 is 2.31 bits per heavy atom. The second kappa shape index (κ2) is 2.61. The van der Waals surface area contributed by atoms with E-state index in [1.54, 1.807) is 0 Å². The molecular weight excluding hydrogens is 178 g/mol. The topological polar surface area (TPSA) is 99.1 Å². The van der Waals surface area contributed by atoms with Crippen LogP contribution in [0.4, 0.5) is 0 Å². The van der Waals surface area contributed by atoms with Crippen LogP contribution in [0.25, 0.3) is 0 Å². The number of nitrogens with zero attached hydrogens (tertiary/aromatic N) is 3. The van der Waals surface area contributed by atoms with Crippen LogP contribution < -0.4 is 0 Å². The lowest BCUT2D eigenvalue weighted by Crippen LogP contribution is -2.34. The fourth-order valence-electron chi connectivity index (χ4n) is 1.32.